The number of nitrogens with one attached hydrogen (secondary N) is 1. The maximum Gasteiger partial charge on any atom is 0.147 e. The molecule has 0 spiro atoms. The number of hydrogen-bond donors (Lipinski definition) is 1. The van der Waals surface area contributed by atoms with Crippen LogP contribution in [0.1, 0.15) is 25.0 Å². The Bertz CT molecular complexity index is 464. The predicted molar refractivity (Wildman–Crippen MR) is 64.2 cm³/mol. The molecule has 1 fully saturated rings. The van der Waals surface area contributed by atoms with Gasteiger partial charge in [0.15, 0.2) is 0 Å². The molecule has 0 amide bonds. The lowest BCUT2D eigenvalue weighted by Gasteiger charge is -1.99. The molecule has 0 aromatic carbocycles. The molecule has 0 bridgehead atoms. The minimum atomic E-state index is -2.87. The number of hydrogen-bond acceptors (Lipinski definition) is 5. The largest absolute Gasteiger partial charge is 0.308 e. The van der Waals surface area contributed by atoms with Crippen molar-refractivity contribution in [1.82, 2.24) is 20.3 Å². The van der Waals surface area contributed by atoms with Crippen molar-refractivity contribution >= 4 is 9.84 Å². The Morgan fingerprint density at radius 1 is 1.53 bits per heavy atom. The SMILES string of the molecule is CS(=O)(=O)CCCn1cc(CNC2CC2)nn1. The lowest BCUT2D eigenvalue weighted by atomic mass is 10.4. The van der Waals surface area contributed by atoms with Crippen molar-refractivity contribution < 1.29 is 8.42 Å². The molecule has 1 aliphatic rings. The van der Waals surface area contributed by atoms with E-state index in [1.807, 2.05) is 6.20 Å². The van der Waals surface area contributed by atoms with Crippen molar-refractivity contribution in [2.24, 2.45) is 0 Å². The maximum atomic E-state index is 11.0. The molecule has 1 aromatic heterocycles. The Hall–Kier alpha value is -0.950. The third-order valence-electron chi connectivity index (χ3n) is 2.64. The molecule has 1 aromatic rings. The monoisotopic (exact) mass is 258 g/mol. The van der Waals surface area contributed by atoms with Crippen molar-refractivity contribution in [2.75, 3.05) is 12.0 Å². The first-order valence-corrected chi connectivity index (χ1v) is 7.89. The summed E-state index contributed by atoms with van der Waals surface area (Å²) >= 11 is 0. The van der Waals surface area contributed by atoms with Gasteiger partial charge in [-0.2, -0.15) is 0 Å². The summed E-state index contributed by atoms with van der Waals surface area (Å²) in [6, 6.07) is 0.658. The topological polar surface area (TPSA) is 76.9 Å². The Morgan fingerprint density at radius 2 is 2.29 bits per heavy atom. The molecule has 0 atom stereocenters. The van der Waals surface area contributed by atoms with E-state index >= 15 is 0 Å². The van der Waals surface area contributed by atoms with Gasteiger partial charge in [-0.25, -0.2) is 8.42 Å². The van der Waals surface area contributed by atoms with Gasteiger partial charge in [-0.1, -0.05) is 5.21 Å². The summed E-state index contributed by atoms with van der Waals surface area (Å²) in [6.07, 6.45) is 6.21. The molecular weight excluding hydrogens is 240 g/mol. The molecule has 1 heterocycles. The van der Waals surface area contributed by atoms with Crippen LogP contribution in [0, 0.1) is 0 Å². The molecule has 1 N–H and O–H groups in total. The maximum absolute atomic E-state index is 11.0. The zero-order chi connectivity index (χ0) is 12.3. The lowest BCUT2D eigenvalue weighted by Crippen LogP contribution is -2.15. The number of rotatable bonds is 7. The molecule has 1 aliphatic carbocycles. The Morgan fingerprint density at radius 3 is 2.94 bits per heavy atom. The van der Waals surface area contributed by atoms with E-state index in [0.29, 0.717) is 19.0 Å². The smallest absolute Gasteiger partial charge is 0.147 e. The highest BCUT2D eigenvalue weighted by Crippen LogP contribution is 2.18. The van der Waals surface area contributed by atoms with E-state index < -0.39 is 9.84 Å². The van der Waals surface area contributed by atoms with E-state index in [9.17, 15) is 8.42 Å². The summed E-state index contributed by atoms with van der Waals surface area (Å²) in [4.78, 5) is 0. The van der Waals surface area contributed by atoms with Gasteiger partial charge in [0, 0.05) is 31.6 Å². The Kier molecular flexibility index (Phi) is 3.78. The van der Waals surface area contributed by atoms with Gasteiger partial charge in [0.05, 0.1) is 11.4 Å². The van der Waals surface area contributed by atoms with Gasteiger partial charge in [0.2, 0.25) is 0 Å². The average Bonchev–Trinajstić information content (AvgIpc) is 2.95. The van der Waals surface area contributed by atoms with Crippen LogP contribution in [-0.2, 0) is 22.9 Å². The standard InChI is InChI=1S/C10H18N4O2S/c1-17(15,16)6-2-5-14-8-10(12-13-14)7-11-9-3-4-9/h8-9,11H,2-7H2,1H3. The van der Waals surface area contributed by atoms with Crippen LogP contribution < -0.4 is 5.32 Å². The predicted octanol–water partition coefficient (Wildman–Crippen LogP) is -0.0352. The molecule has 6 nitrogen and oxygen atoms in total. The molecule has 17 heavy (non-hydrogen) atoms. The molecule has 0 radical (unpaired) electrons. The van der Waals surface area contributed by atoms with Crippen LogP contribution in [-0.4, -0.2) is 41.5 Å². The first-order chi connectivity index (χ1) is 8.03. The van der Waals surface area contributed by atoms with E-state index in [-0.39, 0.29) is 5.75 Å². The first kappa shape index (κ1) is 12.5. The van der Waals surface area contributed by atoms with Crippen LogP contribution in [0.3, 0.4) is 0 Å². The fourth-order valence-corrected chi connectivity index (χ4v) is 2.21. The van der Waals surface area contributed by atoms with Crippen molar-refractivity contribution in [1.29, 1.82) is 0 Å². The molecular formula is C10H18N4O2S. The third-order valence-corrected chi connectivity index (χ3v) is 3.67. The quantitative estimate of drug-likeness (QED) is 0.743. The van der Waals surface area contributed by atoms with Crippen LogP contribution in [0.15, 0.2) is 6.20 Å². The van der Waals surface area contributed by atoms with Gasteiger partial charge < -0.3 is 5.32 Å². The highest BCUT2D eigenvalue weighted by molar-refractivity contribution is 7.90. The molecule has 1 saturated carbocycles. The van der Waals surface area contributed by atoms with Crippen molar-refractivity contribution in [2.45, 2.75) is 38.4 Å². The fourth-order valence-electron chi connectivity index (χ4n) is 1.55. The minimum Gasteiger partial charge on any atom is -0.308 e. The van der Waals surface area contributed by atoms with Gasteiger partial charge in [-0.3, -0.25) is 4.68 Å². The molecule has 0 aliphatic heterocycles. The average molecular weight is 258 g/mol. The number of aryl methyl sites for hydroxylation is 1. The normalized spacial score (nSPS) is 16.3. The summed E-state index contributed by atoms with van der Waals surface area (Å²) in [6.45, 7) is 1.35. The van der Waals surface area contributed by atoms with Crippen LogP contribution in [0.2, 0.25) is 0 Å². The second-order valence-corrected chi connectivity index (χ2v) is 6.87. The summed E-state index contributed by atoms with van der Waals surface area (Å²) in [5, 5.41) is 11.4. The van der Waals surface area contributed by atoms with E-state index in [0.717, 1.165) is 12.2 Å². The summed E-state index contributed by atoms with van der Waals surface area (Å²) in [5.74, 6) is 0.197. The fraction of sp³-hybridized carbons (Fsp3) is 0.800. The van der Waals surface area contributed by atoms with Crippen LogP contribution in [0.4, 0.5) is 0 Å². The van der Waals surface area contributed by atoms with Gasteiger partial charge in [0.1, 0.15) is 9.84 Å². The first-order valence-electron chi connectivity index (χ1n) is 5.83. The minimum absolute atomic E-state index is 0.197. The molecule has 2 rings (SSSR count). The highest BCUT2D eigenvalue weighted by atomic mass is 32.2. The zero-order valence-electron chi connectivity index (χ0n) is 9.96. The number of nitrogens with zero attached hydrogens (tertiary/aromatic N) is 3. The molecule has 0 unspecified atom stereocenters. The van der Waals surface area contributed by atoms with Gasteiger partial charge >= 0.3 is 0 Å². The van der Waals surface area contributed by atoms with Gasteiger partial charge in [-0.15, -0.1) is 5.10 Å². The second-order valence-electron chi connectivity index (χ2n) is 4.61. The van der Waals surface area contributed by atoms with E-state index in [4.69, 9.17) is 0 Å². The Balaban J connectivity index is 1.73. The van der Waals surface area contributed by atoms with E-state index in [1.165, 1.54) is 19.1 Å². The van der Waals surface area contributed by atoms with Gasteiger partial charge in [-0.05, 0) is 19.3 Å². The summed E-state index contributed by atoms with van der Waals surface area (Å²) < 4.78 is 23.6. The van der Waals surface area contributed by atoms with Crippen LogP contribution in [0.5, 0.6) is 0 Å². The molecule has 0 saturated heterocycles. The Labute approximate surface area is 101 Å². The number of aromatic nitrogens is 3. The van der Waals surface area contributed by atoms with E-state index in [1.54, 1.807) is 4.68 Å². The summed E-state index contributed by atoms with van der Waals surface area (Å²) in [5.41, 5.74) is 0.913. The van der Waals surface area contributed by atoms with Crippen molar-refractivity contribution in [3.05, 3.63) is 11.9 Å². The van der Waals surface area contributed by atoms with Crippen molar-refractivity contribution in [3.63, 3.8) is 0 Å². The van der Waals surface area contributed by atoms with Gasteiger partial charge in [0.25, 0.3) is 0 Å². The van der Waals surface area contributed by atoms with Crippen LogP contribution >= 0.6 is 0 Å². The van der Waals surface area contributed by atoms with E-state index in [2.05, 4.69) is 15.6 Å². The summed E-state index contributed by atoms with van der Waals surface area (Å²) in [7, 11) is -2.87. The van der Waals surface area contributed by atoms with Crippen molar-refractivity contribution in [3.8, 4) is 0 Å². The number of sulfone groups is 1. The van der Waals surface area contributed by atoms with Crippen LogP contribution in [0.25, 0.3) is 0 Å². The highest BCUT2D eigenvalue weighted by Gasteiger charge is 2.20. The third kappa shape index (κ3) is 4.82. The second kappa shape index (κ2) is 5.14. The molecule has 7 heteroatoms. The molecule has 96 valence electrons. The lowest BCUT2D eigenvalue weighted by molar-refractivity contribution is 0.564. The zero-order valence-corrected chi connectivity index (χ0v) is 10.8.